The Balaban J connectivity index is 1.79. The van der Waals surface area contributed by atoms with Crippen LogP contribution in [0.2, 0.25) is 0 Å². The van der Waals surface area contributed by atoms with Crippen molar-refractivity contribution in [1.82, 2.24) is 20.5 Å². The van der Waals surface area contributed by atoms with Gasteiger partial charge in [-0.25, -0.2) is 8.78 Å². The molecule has 3 aromatic heterocycles. The minimum atomic E-state index is -0.987. The number of thiophene rings is 1. The summed E-state index contributed by atoms with van der Waals surface area (Å²) in [6, 6.07) is 6.80. The molecule has 38 heavy (non-hydrogen) atoms. The summed E-state index contributed by atoms with van der Waals surface area (Å²) in [6.45, 7) is 7.66. The lowest BCUT2D eigenvalue weighted by molar-refractivity contribution is 0.0953. The third-order valence-electron chi connectivity index (χ3n) is 5.78. The fraction of sp³-hybridized carbons (Fsp3) is 0.296. The highest BCUT2D eigenvalue weighted by Crippen LogP contribution is 2.41. The molecular formula is C27H27F2N5O3S. The van der Waals surface area contributed by atoms with Gasteiger partial charge >= 0.3 is 0 Å². The number of primary amides is 1. The lowest BCUT2D eigenvalue weighted by Crippen LogP contribution is -2.21. The molecule has 198 valence electrons. The van der Waals surface area contributed by atoms with Crippen LogP contribution in [0.3, 0.4) is 0 Å². The van der Waals surface area contributed by atoms with Crippen molar-refractivity contribution in [3.05, 3.63) is 75.2 Å². The molecule has 3 heterocycles. The highest BCUT2D eigenvalue weighted by molar-refractivity contribution is 7.17. The van der Waals surface area contributed by atoms with Gasteiger partial charge in [-0.05, 0) is 48.6 Å². The molecule has 0 atom stereocenters. The Morgan fingerprint density at radius 3 is 2.45 bits per heavy atom. The van der Waals surface area contributed by atoms with E-state index >= 15 is 0 Å². The van der Waals surface area contributed by atoms with Crippen LogP contribution in [0.1, 0.15) is 63.6 Å². The molecule has 0 unspecified atom stereocenters. The average molecular weight is 540 g/mol. The first-order valence-corrected chi connectivity index (χ1v) is 12.9. The number of halogens is 2. The van der Waals surface area contributed by atoms with Crippen molar-refractivity contribution in [3.8, 4) is 21.9 Å². The predicted octanol–water partition coefficient (Wildman–Crippen LogP) is 5.24. The summed E-state index contributed by atoms with van der Waals surface area (Å²) in [4.78, 5) is 31.5. The van der Waals surface area contributed by atoms with Gasteiger partial charge in [0.1, 0.15) is 0 Å². The lowest BCUT2D eigenvalue weighted by atomic mass is 9.92. The molecule has 0 aliphatic rings. The van der Waals surface area contributed by atoms with E-state index in [1.807, 2.05) is 20.8 Å². The first kappa shape index (κ1) is 27.1. The summed E-state index contributed by atoms with van der Waals surface area (Å²) in [7, 11) is 0. The smallest absolute Gasteiger partial charge is 0.261 e. The Morgan fingerprint density at radius 2 is 1.84 bits per heavy atom. The van der Waals surface area contributed by atoms with Crippen LogP contribution < -0.4 is 11.1 Å². The summed E-state index contributed by atoms with van der Waals surface area (Å²) in [5.74, 6) is -2.24. The van der Waals surface area contributed by atoms with E-state index in [1.54, 1.807) is 19.1 Å². The third kappa shape index (κ3) is 5.62. The number of rotatable bonds is 9. The second-order valence-electron chi connectivity index (χ2n) is 9.17. The second-order valence-corrected chi connectivity index (χ2v) is 10.3. The zero-order chi connectivity index (χ0) is 27.6. The Hall–Kier alpha value is -3.99. The van der Waals surface area contributed by atoms with Gasteiger partial charge < -0.3 is 15.5 Å². The Kier molecular flexibility index (Phi) is 7.96. The van der Waals surface area contributed by atoms with Gasteiger partial charge in [-0.15, -0.1) is 21.5 Å². The largest absolute Gasteiger partial charge is 0.421 e. The van der Waals surface area contributed by atoms with Crippen molar-refractivity contribution in [1.29, 1.82) is 0 Å². The number of nitrogens with zero attached hydrogens (tertiary/aromatic N) is 3. The molecule has 11 heteroatoms. The highest BCUT2D eigenvalue weighted by atomic mass is 32.1. The molecule has 0 spiro atoms. The average Bonchev–Trinajstić information content (AvgIpc) is 3.52. The van der Waals surface area contributed by atoms with Gasteiger partial charge in [0.15, 0.2) is 11.6 Å². The summed E-state index contributed by atoms with van der Waals surface area (Å²) in [5, 5.41) is 10.8. The van der Waals surface area contributed by atoms with Crippen molar-refractivity contribution >= 4 is 23.2 Å². The number of aromatic nitrogens is 3. The molecule has 0 fully saturated rings. The molecule has 2 amide bonds. The molecule has 4 rings (SSSR count). The Labute approximate surface area is 222 Å². The summed E-state index contributed by atoms with van der Waals surface area (Å²) in [6.07, 6.45) is 1.05. The number of pyridine rings is 1. The maximum absolute atomic E-state index is 13.5. The monoisotopic (exact) mass is 539 g/mol. The molecule has 8 nitrogen and oxygen atoms in total. The van der Waals surface area contributed by atoms with Crippen molar-refractivity contribution in [2.24, 2.45) is 11.7 Å². The molecule has 0 aliphatic carbocycles. The van der Waals surface area contributed by atoms with Crippen molar-refractivity contribution in [2.45, 2.75) is 47.1 Å². The first-order chi connectivity index (χ1) is 18.1. The number of hydrogen-bond acceptors (Lipinski definition) is 7. The van der Waals surface area contributed by atoms with Crippen LogP contribution in [0.25, 0.3) is 21.9 Å². The Bertz CT molecular complexity index is 1510. The van der Waals surface area contributed by atoms with Crippen LogP contribution in [0, 0.1) is 24.5 Å². The number of aryl methyl sites for hydroxylation is 2. The molecule has 0 bridgehead atoms. The van der Waals surface area contributed by atoms with E-state index in [1.165, 1.54) is 6.07 Å². The molecule has 0 radical (unpaired) electrons. The van der Waals surface area contributed by atoms with E-state index < -0.39 is 23.4 Å². The van der Waals surface area contributed by atoms with Crippen LogP contribution >= 0.6 is 11.3 Å². The number of hydrogen-bond donors (Lipinski definition) is 2. The summed E-state index contributed by atoms with van der Waals surface area (Å²) in [5.41, 5.74) is 8.79. The van der Waals surface area contributed by atoms with Crippen LogP contribution in [0.15, 0.2) is 34.7 Å². The van der Waals surface area contributed by atoms with E-state index in [2.05, 4.69) is 15.5 Å². The van der Waals surface area contributed by atoms with Crippen LogP contribution in [0.4, 0.5) is 8.78 Å². The van der Waals surface area contributed by atoms with Gasteiger partial charge in [0.25, 0.3) is 11.8 Å². The standard InChI is InChI=1S/C27H27F2N5O3S/c1-5-18-23(27-34-33-14(4)37-27)24(22(25(30)35)19(32-18)10-13(2)3)20-8-9-21(38-20)26(36)31-12-15-6-7-16(28)17(29)11-15/h6-9,11,13H,5,10,12H2,1-4H3,(H2,30,35)(H,31,36). The summed E-state index contributed by atoms with van der Waals surface area (Å²) >= 11 is 1.16. The fourth-order valence-electron chi connectivity index (χ4n) is 4.13. The predicted molar refractivity (Wildman–Crippen MR) is 140 cm³/mol. The minimum Gasteiger partial charge on any atom is -0.421 e. The van der Waals surface area contributed by atoms with Crippen molar-refractivity contribution in [3.63, 3.8) is 0 Å². The molecule has 1 aromatic carbocycles. The zero-order valence-electron chi connectivity index (χ0n) is 21.4. The van der Waals surface area contributed by atoms with Gasteiger partial charge in [0.05, 0.1) is 27.4 Å². The van der Waals surface area contributed by atoms with E-state index in [4.69, 9.17) is 15.1 Å². The van der Waals surface area contributed by atoms with Crippen LogP contribution in [-0.4, -0.2) is 27.0 Å². The van der Waals surface area contributed by atoms with E-state index in [0.29, 0.717) is 56.6 Å². The normalized spacial score (nSPS) is 11.2. The van der Waals surface area contributed by atoms with Crippen molar-refractivity contribution < 1.29 is 22.8 Å². The van der Waals surface area contributed by atoms with Gasteiger partial charge in [0, 0.05) is 23.9 Å². The van der Waals surface area contributed by atoms with Gasteiger partial charge in [-0.3, -0.25) is 14.6 Å². The van der Waals surface area contributed by atoms with Crippen molar-refractivity contribution in [2.75, 3.05) is 0 Å². The third-order valence-corrected chi connectivity index (χ3v) is 6.88. The van der Waals surface area contributed by atoms with Gasteiger partial charge in [-0.2, -0.15) is 0 Å². The molecule has 0 saturated heterocycles. The maximum Gasteiger partial charge on any atom is 0.261 e. The fourth-order valence-corrected chi connectivity index (χ4v) is 5.11. The number of amides is 2. The van der Waals surface area contributed by atoms with E-state index in [-0.39, 0.29) is 23.9 Å². The first-order valence-electron chi connectivity index (χ1n) is 12.1. The lowest BCUT2D eigenvalue weighted by Gasteiger charge is -2.18. The van der Waals surface area contributed by atoms with Crippen LogP contribution in [0.5, 0.6) is 0 Å². The molecule has 4 aromatic rings. The Morgan fingerprint density at radius 1 is 1.08 bits per heavy atom. The summed E-state index contributed by atoms with van der Waals surface area (Å²) < 4.78 is 32.5. The zero-order valence-corrected chi connectivity index (χ0v) is 22.2. The van der Waals surface area contributed by atoms with Gasteiger partial charge in [0.2, 0.25) is 11.8 Å². The second kappa shape index (κ2) is 11.2. The van der Waals surface area contributed by atoms with E-state index in [9.17, 15) is 18.4 Å². The van der Waals surface area contributed by atoms with Gasteiger partial charge in [-0.1, -0.05) is 26.8 Å². The number of benzene rings is 1. The minimum absolute atomic E-state index is 0.0100. The topological polar surface area (TPSA) is 124 Å². The number of carbonyl (C=O) groups excluding carboxylic acids is 2. The SMILES string of the molecule is CCc1nc(CC(C)C)c(C(N)=O)c(-c2ccc(C(=O)NCc3ccc(F)c(F)c3)s2)c1-c1nnc(C)o1. The quantitative estimate of drug-likeness (QED) is 0.300. The maximum atomic E-state index is 13.5. The molecular weight excluding hydrogens is 512 g/mol. The highest BCUT2D eigenvalue weighted by Gasteiger charge is 2.28. The number of nitrogens with one attached hydrogen (secondary N) is 1. The molecule has 3 N–H and O–H groups in total. The molecule has 0 saturated carbocycles. The van der Waals surface area contributed by atoms with Crippen LogP contribution in [-0.2, 0) is 19.4 Å². The number of nitrogens with two attached hydrogens (primary N) is 1. The number of carbonyl (C=O) groups is 2. The van der Waals surface area contributed by atoms with E-state index in [0.717, 1.165) is 23.5 Å². The molecule has 0 aliphatic heterocycles.